The predicted molar refractivity (Wildman–Crippen MR) is 112 cm³/mol. The summed E-state index contributed by atoms with van der Waals surface area (Å²) in [5.74, 6) is 0.341. The second kappa shape index (κ2) is 7.38. The Hall–Kier alpha value is -4.41. The Bertz CT molecular complexity index is 1470. The molecule has 0 aliphatic rings. The molecule has 4 heterocycles. The third-order valence-corrected chi connectivity index (χ3v) is 4.96. The minimum Gasteiger partial charge on any atom is -0.417 e. The van der Waals surface area contributed by atoms with Gasteiger partial charge in [-0.25, -0.2) is 18.9 Å². The number of aryl methyl sites for hydroxylation is 2. The van der Waals surface area contributed by atoms with Gasteiger partial charge in [0.25, 0.3) is 0 Å². The largest absolute Gasteiger partial charge is 0.417 e. The standard InChI is InChI=1S/C21H17FN8O2/c1-11-23-18(13-4-6-14(22)7-5-13)19(29(11)3)15-8-9-17-24-16(10-30(17)28-15)25-20(31)21-27-26-12(2)32-21/h4-10H,1-3H3,(H,25,31). The van der Waals surface area contributed by atoms with Crippen molar-refractivity contribution in [3.8, 4) is 22.6 Å². The van der Waals surface area contributed by atoms with Gasteiger partial charge in [0, 0.05) is 19.5 Å². The van der Waals surface area contributed by atoms with Crippen molar-refractivity contribution in [2.45, 2.75) is 13.8 Å². The van der Waals surface area contributed by atoms with Gasteiger partial charge >= 0.3 is 11.8 Å². The van der Waals surface area contributed by atoms with Crippen LogP contribution in [0.5, 0.6) is 0 Å². The fourth-order valence-electron chi connectivity index (χ4n) is 3.34. The van der Waals surface area contributed by atoms with E-state index < -0.39 is 5.91 Å². The van der Waals surface area contributed by atoms with E-state index in [2.05, 4.69) is 30.6 Å². The van der Waals surface area contributed by atoms with E-state index in [1.807, 2.05) is 24.6 Å². The number of imidazole rings is 2. The summed E-state index contributed by atoms with van der Waals surface area (Å²) in [6, 6.07) is 9.77. The number of amides is 1. The van der Waals surface area contributed by atoms with Crippen LogP contribution in [0.2, 0.25) is 0 Å². The number of rotatable bonds is 4. The predicted octanol–water partition coefficient (Wildman–Crippen LogP) is 3.19. The van der Waals surface area contributed by atoms with E-state index in [4.69, 9.17) is 4.42 Å². The molecule has 1 aromatic carbocycles. The van der Waals surface area contributed by atoms with E-state index in [0.29, 0.717) is 22.9 Å². The Balaban J connectivity index is 1.52. The van der Waals surface area contributed by atoms with Crippen LogP contribution in [-0.2, 0) is 7.05 Å². The fourth-order valence-corrected chi connectivity index (χ4v) is 3.34. The summed E-state index contributed by atoms with van der Waals surface area (Å²) >= 11 is 0. The molecular formula is C21H17FN8O2. The van der Waals surface area contributed by atoms with Gasteiger partial charge in [0.2, 0.25) is 5.89 Å². The molecule has 4 aromatic heterocycles. The maximum absolute atomic E-state index is 13.4. The van der Waals surface area contributed by atoms with Crippen LogP contribution in [0.1, 0.15) is 22.4 Å². The number of hydrogen-bond acceptors (Lipinski definition) is 7. The molecule has 0 aliphatic carbocycles. The van der Waals surface area contributed by atoms with E-state index in [1.165, 1.54) is 12.1 Å². The molecule has 0 saturated heterocycles. The number of benzene rings is 1. The summed E-state index contributed by atoms with van der Waals surface area (Å²) in [5, 5.41) is 14.6. The zero-order valence-electron chi connectivity index (χ0n) is 17.4. The fraction of sp³-hybridized carbons (Fsp3) is 0.143. The van der Waals surface area contributed by atoms with Crippen LogP contribution in [0.15, 0.2) is 47.0 Å². The summed E-state index contributed by atoms with van der Waals surface area (Å²) in [5.41, 5.74) is 3.42. The van der Waals surface area contributed by atoms with Crippen molar-refractivity contribution >= 4 is 17.4 Å². The second-order valence-corrected chi connectivity index (χ2v) is 7.15. The highest BCUT2D eigenvalue weighted by molar-refractivity contribution is 6.00. The molecule has 0 aliphatic heterocycles. The lowest BCUT2D eigenvalue weighted by Gasteiger charge is -2.07. The quantitative estimate of drug-likeness (QED) is 0.464. The molecule has 1 amide bonds. The van der Waals surface area contributed by atoms with Gasteiger partial charge in [0.1, 0.15) is 17.3 Å². The number of anilines is 1. The van der Waals surface area contributed by atoms with Crippen molar-refractivity contribution in [1.82, 2.24) is 34.3 Å². The molecule has 160 valence electrons. The van der Waals surface area contributed by atoms with Crippen molar-refractivity contribution in [2.75, 3.05) is 5.32 Å². The second-order valence-electron chi connectivity index (χ2n) is 7.15. The Morgan fingerprint density at radius 2 is 1.84 bits per heavy atom. The summed E-state index contributed by atoms with van der Waals surface area (Å²) < 4.78 is 22.0. The molecule has 0 bridgehead atoms. The molecule has 11 heteroatoms. The van der Waals surface area contributed by atoms with Gasteiger partial charge < -0.3 is 14.3 Å². The van der Waals surface area contributed by atoms with Crippen LogP contribution >= 0.6 is 0 Å². The molecule has 0 spiro atoms. The number of hydrogen-bond donors (Lipinski definition) is 1. The molecular weight excluding hydrogens is 415 g/mol. The van der Waals surface area contributed by atoms with Gasteiger partial charge in [-0.05, 0) is 43.3 Å². The number of fused-ring (bicyclic) bond motifs is 1. The molecule has 5 rings (SSSR count). The average molecular weight is 432 g/mol. The Kier molecular flexibility index (Phi) is 4.51. The number of nitrogens with zero attached hydrogens (tertiary/aromatic N) is 7. The van der Waals surface area contributed by atoms with Crippen LogP contribution in [0, 0.1) is 19.7 Å². The maximum Gasteiger partial charge on any atom is 0.314 e. The Labute approximate surface area is 180 Å². The van der Waals surface area contributed by atoms with E-state index in [-0.39, 0.29) is 17.5 Å². The van der Waals surface area contributed by atoms with Gasteiger partial charge in [-0.1, -0.05) is 0 Å². The van der Waals surface area contributed by atoms with Crippen LogP contribution in [0.3, 0.4) is 0 Å². The SMILES string of the molecule is Cc1nnc(C(=O)Nc2cn3nc(-c4c(-c5ccc(F)cc5)nc(C)n4C)ccc3n2)o1. The Morgan fingerprint density at radius 1 is 1.06 bits per heavy atom. The normalized spacial score (nSPS) is 11.2. The first-order chi connectivity index (χ1) is 15.4. The molecule has 5 aromatic rings. The van der Waals surface area contributed by atoms with Crippen molar-refractivity contribution in [2.24, 2.45) is 7.05 Å². The lowest BCUT2D eigenvalue weighted by molar-refractivity contribution is 0.0988. The summed E-state index contributed by atoms with van der Waals surface area (Å²) in [7, 11) is 1.89. The number of halogens is 1. The molecule has 10 nitrogen and oxygen atoms in total. The molecule has 0 fully saturated rings. The van der Waals surface area contributed by atoms with Crippen molar-refractivity contribution in [3.63, 3.8) is 0 Å². The molecule has 1 N–H and O–H groups in total. The number of carbonyl (C=O) groups is 1. The minimum absolute atomic E-state index is 0.150. The van der Waals surface area contributed by atoms with Crippen molar-refractivity contribution < 1.29 is 13.6 Å². The molecule has 0 saturated carbocycles. The van der Waals surface area contributed by atoms with Gasteiger partial charge in [-0.2, -0.15) is 5.10 Å². The molecule has 0 atom stereocenters. The zero-order chi connectivity index (χ0) is 22.4. The third-order valence-electron chi connectivity index (χ3n) is 4.96. The monoisotopic (exact) mass is 432 g/mol. The zero-order valence-corrected chi connectivity index (χ0v) is 17.4. The van der Waals surface area contributed by atoms with Gasteiger partial charge in [0.05, 0.1) is 17.6 Å². The number of aromatic nitrogens is 7. The van der Waals surface area contributed by atoms with Crippen LogP contribution in [0.25, 0.3) is 28.3 Å². The smallest absolute Gasteiger partial charge is 0.314 e. The Morgan fingerprint density at radius 3 is 2.56 bits per heavy atom. The summed E-state index contributed by atoms with van der Waals surface area (Å²) in [4.78, 5) is 21.2. The highest BCUT2D eigenvalue weighted by atomic mass is 19.1. The first-order valence-electron chi connectivity index (χ1n) is 9.66. The average Bonchev–Trinajstić information content (AvgIpc) is 3.45. The van der Waals surface area contributed by atoms with Gasteiger partial charge in [0.15, 0.2) is 11.5 Å². The highest BCUT2D eigenvalue weighted by Crippen LogP contribution is 2.31. The topological polar surface area (TPSA) is 116 Å². The minimum atomic E-state index is -0.560. The lowest BCUT2D eigenvalue weighted by atomic mass is 10.1. The van der Waals surface area contributed by atoms with Crippen LogP contribution in [-0.4, -0.2) is 40.3 Å². The van der Waals surface area contributed by atoms with Crippen molar-refractivity contribution in [1.29, 1.82) is 0 Å². The first kappa shape index (κ1) is 19.5. The lowest BCUT2D eigenvalue weighted by Crippen LogP contribution is -2.12. The van der Waals surface area contributed by atoms with E-state index in [1.54, 1.807) is 35.8 Å². The highest BCUT2D eigenvalue weighted by Gasteiger charge is 2.19. The van der Waals surface area contributed by atoms with Crippen LogP contribution in [0.4, 0.5) is 10.2 Å². The molecule has 0 radical (unpaired) electrons. The molecule has 32 heavy (non-hydrogen) atoms. The van der Waals surface area contributed by atoms with E-state index in [0.717, 1.165) is 17.1 Å². The summed E-state index contributed by atoms with van der Waals surface area (Å²) in [6.45, 7) is 3.49. The molecule has 0 unspecified atom stereocenters. The summed E-state index contributed by atoms with van der Waals surface area (Å²) in [6.07, 6.45) is 1.58. The van der Waals surface area contributed by atoms with E-state index in [9.17, 15) is 9.18 Å². The van der Waals surface area contributed by atoms with E-state index >= 15 is 0 Å². The number of nitrogens with one attached hydrogen (secondary N) is 1. The van der Waals surface area contributed by atoms with Gasteiger partial charge in [-0.3, -0.25) is 4.79 Å². The van der Waals surface area contributed by atoms with Crippen molar-refractivity contribution in [3.05, 3.63) is 66.0 Å². The third kappa shape index (κ3) is 3.39. The van der Waals surface area contributed by atoms with Crippen LogP contribution < -0.4 is 5.32 Å². The number of carbonyl (C=O) groups excluding carboxylic acids is 1. The first-order valence-corrected chi connectivity index (χ1v) is 9.66. The maximum atomic E-state index is 13.4. The van der Waals surface area contributed by atoms with Gasteiger partial charge in [-0.15, -0.1) is 10.2 Å².